The van der Waals surface area contributed by atoms with Gasteiger partial charge in [-0.15, -0.1) is 0 Å². The Balaban J connectivity index is 1.48. The van der Waals surface area contributed by atoms with Gasteiger partial charge in [0.1, 0.15) is 48.0 Å². The van der Waals surface area contributed by atoms with Crippen LogP contribution in [-0.2, 0) is 57.6 Å². The number of carboxylic acids is 1. The highest BCUT2D eigenvalue weighted by Gasteiger charge is 2.37. The first-order chi connectivity index (χ1) is 38.2. The average Bonchev–Trinajstić information content (AvgIpc) is 3.47. The molecule has 0 saturated heterocycles. The highest BCUT2D eigenvalue weighted by molar-refractivity contribution is 14.1. The quantitative estimate of drug-likeness (QED) is 0.0178. The van der Waals surface area contributed by atoms with Crippen LogP contribution in [-0.4, -0.2) is 135 Å². The summed E-state index contributed by atoms with van der Waals surface area (Å²) in [6.07, 6.45) is -1.15. The van der Waals surface area contributed by atoms with E-state index in [1.807, 2.05) is 65.1 Å². The first-order valence-electron chi connectivity index (χ1n) is 26.0. The number of nitrogens with one attached hydrogen (secondary N) is 7. The highest BCUT2D eigenvalue weighted by atomic mass is 127. The van der Waals surface area contributed by atoms with Crippen molar-refractivity contribution < 1.29 is 53.7 Å². The maximum absolute atomic E-state index is 15.1. The number of unbranched alkanes of at least 4 members (excludes halogenated alkanes) is 1. The summed E-state index contributed by atoms with van der Waals surface area (Å²) in [5.74, 6) is -8.39. The van der Waals surface area contributed by atoms with Crippen molar-refractivity contribution in [2.24, 2.45) is 11.5 Å². The van der Waals surface area contributed by atoms with E-state index in [2.05, 4.69) is 62.5 Å². The molecule has 5 aromatic rings. The van der Waals surface area contributed by atoms with Crippen LogP contribution in [0.1, 0.15) is 61.3 Å². The third kappa shape index (κ3) is 19.2. The minimum absolute atomic E-state index is 0.00633. The number of thiol groups is 2. The summed E-state index contributed by atoms with van der Waals surface area (Å²) in [6.45, 7) is 3.17. The van der Waals surface area contributed by atoms with Gasteiger partial charge in [-0.3, -0.25) is 33.6 Å². The molecule has 0 aliphatic rings. The smallest absolute Gasteiger partial charge is 0.327 e. The number of hydrogen-bond acceptors (Lipinski definition) is 14. The van der Waals surface area contributed by atoms with Crippen molar-refractivity contribution in [3.8, 4) is 5.75 Å². The number of carboxylic acid groups (broad SMARTS) is 1. The predicted molar refractivity (Wildman–Crippen MR) is 319 cm³/mol. The number of hydrogen-bond donors (Lipinski definition) is 14. The van der Waals surface area contributed by atoms with E-state index >= 15 is 4.79 Å². The first-order valence-corrected chi connectivity index (χ1v) is 28.3. The molecule has 0 heterocycles. The number of carbonyl (C=O) groups is 8. The fraction of sp³-hybridized carbons (Fsp3) is 0.368. The van der Waals surface area contributed by atoms with Crippen molar-refractivity contribution in [2.75, 3.05) is 18.1 Å². The predicted octanol–water partition coefficient (Wildman–Crippen LogP) is 2.16. The van der Waals surface area contributed by atoms with Crippen molar-refractivity contribution in [3.63, 3.8) is 0 Å². The van der Waals surface area contributed by atoms with Gasteiger partial charge in [0.2, 0.25) is 41.4 Å². The molecule has 0 bridgehead atoms. The van der Waals surface area contributed by atoms with Gasteiger partial charge < -0.3 is 64.0 Å². The zero-order chi connectivity index (χ0) is 58.5. The molecule has 0 aliphatic heterocycles. The lowest BCUT2D eigenvalue weighted by Crippen LogP contribution is -2.62. The Morgan fingerprint density at radius 1 is 0.525 bits per heavy atom. The second-order valence-electron chi connectivity index (χ2n) is 19.4. The summed E-state index contributed by atoms with van der Waals surface area (Å²) < 4.78 is 0.425. The van der Waals surface area contributed by atoms with Gasteiger partial charge in [0, 0.05) is 36.7 Å². The molecule has 23 heteroatoms. The third-order valence-corrected chi connectivity index (χ3v) is 14.9. The molecule has 0 fully saturated rings. The van der Waals surface area contributed by atoms with Crippen molar-refractivity contribution in [3.05, 3.63) is 147 Å². The van der Waals surface area contributed by atoms with E-state index < -0.39 is 108 Å². The van der Waals surface area contributed by atoms with Crippen LogP contribution in [0.4, 0.5) is 0 Å². The maximum Gasteiger partial charge on any atom is 0.327 e. The Labute approximate surface area is 489 Å². The number of amides is 7. The first kappa shape index (κ1) is 64.1. The van der Waals surface area contributed by atoms with Gasteiger partial charge in [0.05, 0.1) is 15.7 Å². The van der Waals surface area contributed by atoms with Crippen LogP contribution < -0.4 is 48.7 Å². The van der Waals surface area contributed by atoms with Gasteiger partial charge >= 0.3 is 5.97 Å². The molecule has 428 valence electrons. The van der Waals surface area contributed by atoms with Crippen LogP contribution in [0.3, 0.4) is 0 Å². The summed E-state index contributed by atoms with van der Waals surface area (Å²) in [5.41, 5.74) is 14.3. The fourth-order valence-electron chi connectivity index (χ4n) is 8.63. The molecule has 0 aromatic heterocycles. The van der Waals surface area contributed by atoms with E-state index in [1.165, 1.54) is 19.1 Å². The van der Waals surface area contributed by atoms with Gasteiger partial charge in [-0.1, -0.05) is 116 Å². The maximum atomic E-state index is 15.1. The number of phenolic OH excluding ortho intramolecular Hbond substituents is 1. The van der Waals surface area contributed by atoms with E-state index in [0.717, 1.165) is 10.8 Å². The van der Waals surface area contributed by atoms with Crippen molar-refractivity contribution >= 4 is 106 Å². The molecule has 20 nitrogen and oxygen atoms in total. The second kappa shape index (κ2) is 31.9. The van der Waals surface area contributed by atoms with Crippen LogP contribution in [0.15, 0.2) is 121 Å². The lowest BCUT2D eigenvalue weighted by Gasteiger charge is -2.31. The van der Waals surface area contributed by atoms with Crippen LogP contribution in [0, 0.1) is 3.57 Å². The number of aromatic hydroxyl groups is 1. The molecule has 7 amide bonds. The molecule has 14 N–H and O–H groups in total. The number of aliphatic hydroxyl groups is 1. The summed E-state index contributed by atoms with van der Waals surface area (Å²) in [4.78, 5) is 112. The molecular formula is C57H70IN9O11S2. The lowest BCUT2D eigenvalue weighted by atomic mass is 9.90. The van der Waals surface area contributed by atoms with E-state index in [4.69, 9.17) is 11.5 Å². The fourth-order valence-corrected chi connectivity index (χ4v) is 9.62. The molecule has 5 rings (SSSR count). The van der Waals surface area contributed by atoms with Gasteiger partial charge in [0.15, 0.2) is 0 Å². The highest BCUT2D eigenvalue weighted by Crippen LogP contribution is 2.26. The van der Waals surface area contributed by atoms with Crippen molar-refractivity contribution in [2.45, 2.75) is 113 Å². The number of phenols is 1. The molecule has 0 radical (unpaired) electrons. The Hall–Kier alpha value is -6.77. The summed E-state index contributed by atoms with van der Waals surface area (Å²) in [7, 11) is 0. The standard InChI is InChI=1S/C57H70IN9O11S2/c1-32(38-22-21-37-17-9-10-18-39(37)29-38)48(66-54(74)44(27-35-15-7-4-8-16-35)63-52(72)43(62-50(70)41(60)30-79)26-34-13-5-3-6-14-34)55(75)61-42(19-11-12-24-59)51(71)67-49(33(2)68)56(76)64-45(53(73)65-46(31-80)57(77)78)28-36-20-23-47(69)40(58)25-36/h3-10,13-18,20-23,25,29,32-33,41-46,48-49,68-69,79-80H,11-12,19,24,26-28,30-31,59-60H2,1-2H3,(H,61,75)(H,62,70)(H,63,72)(H,64,76)(H,65,73)(H,66,74)(H,67,71)(H,77,78)/t32-,33-,41-,42+,43+,44+,45+,46+,48+,49+/m1/s1. The van der Waals surface area contributed by atoms with E-state index in [1.54, 1.807) is 73.7 Å². The van der Waals surface area contributed by atoms with Gasteiger partial charge in [-0.05, 0) is 100 Å². The molecule has 80 heavy (non-hydrogen) atoms. The van der Waals surface area contributed by atoms with Crippen molar-refractivity contribution in [1.29, 1.82) is 0 Å². The lowest BCUT2D eigenvalue weighted by molar-refractivity contribution is -0.141. The minimum atomic E-state index is -1.75. The zero-order valence-corrected chi connectivity index (χ0v) is 48.2. The number of benzene rings is 5. The monoisotopic (exact) mass is 1250 g/mol. The Morgan fingerprint density at radius 2 is 1.00 bits per heavy atom. The Morgan fingerprint density at radius 3 is 1.54 bits per heavy atom. The zero-order valence-electron chi connectivity index (χ0n) is 44.2. The second-order valence-corrected chi connectivity index (χ2v) is 21.3. The van der Waals surface area contributed by atoms with E-state index in [0.29, 0.717) is 38.7 Å². The number of nitrogens with two attached hydrogens (primary N) is 2. The normalized spacial score (nSPS) is 14.9. The van der Waals surface area contributed by atoms with Crippen LogP contribution in [0.5, 0.6) is 5.75 Å². The molecule has 0 unspecified atom stereocenters. The van der Waals surface area contributed by atoms with E-state index in [-0.39, 0.29) is 49.5 Å². The van der Waals surface area contributed by atoms with Crippen LogP contribution in [0.2, 0.25) is 0 Å². The minimum Gasteiger partial charge on any atom is -0.507 e. The van der Waals surface area contributed by atoms with Gasteiger partial charge in [-0.25, -0.2) is 4.79 Å². The number of aliphatic carboxylic acids is 1. The number of rotatable bonds is 30. The Bertz CT molecular complexity index is 2930. The molecule has 10 atom stereocenters. The number of aliphatic hydroxyl groups excluding tert-OH is 1. The number of carbonyl (C=O) groups excluding carboxylic acids is 7. The summed E-state index contributed by atoms with van der Waals surface area (Å²) in [5, 5.41) is 51.2. The van der Waals surface area contributed by atoms with E-state index in [9.17, 15) is 48.9 Å². The molecule has 0 saturated carbocycles. The molecule has 5 aromatic carbocycles. The summed E-state index contributed by atoms with van der Waals surface area (Å²) >= 11 is 10.1. The SMILES string of the molecule is C[C@H](c1ccc2ccccc2c1)[C@H](NC(=O)[C@H](Cc1ccccc1)NC(=O)[C@H](Cc1ccccc1)NC(=O)[C@H](N)CS)C(=O)N[C@@H](CCCCN)C(=O)N[C@H](C(=O)N[C@@H](Cc1ccc(O)c(I)c1)C(=O)N[C@@H](CS)C(=O)O)[C@@H](C)O. The number of fused-ring (bicyclic) bond motifs is 1. The van der Waals surface area contributed by atoms with Crippen LogP contribution in [0.25, 0.3) is 10.8 Å². The Kier molecular flexibility index (Phi) is 25.5. The van der Waals surface area contributed by atoms with Gasteiger partial charge in [0.25, 0.3) is 0 Å². The summed E-state index contributed by atoms with van der Waals surface area (Å²) in [6, 6.07) is 24.2. The van der Waals surface area contributed by atoms with Crippen LogP contribution >= 0.6 is 47.8 Å². The third-order valence-electron chi connectivity index (χ3n) is 13.3. The average molecular weight is 1250 g/mol. The van der Waals surface area contributed by atoms with Gasteiger partial charge in [-0.2, -0.15) is 25.3 Å². The molecule has 0 spiro atoms. The molecule has 0 aliphatic carbocycles. The largest absolute Gasteiger partial charge is 0.507 e. The van der Waals surface area contributed by atoms with Crippen molar-refractivity contribution in [1.82, 2.24) is 37.2 Å². The number of halogens is 1. The molecular weight excluding hydrogens is 1180 g/mol. The topological polar surface area (TPSA) is 334 Å².